The highest BCUT2D eigenvalue weighted by Gasteiger charge is 2.39. The molecule has 1 aliphatic heterocycles. The summed E-state index contributed by atoms with van der Waals surface area (Å²) in [6.45, 7) is 1.91. The average molecular weight is 249 g/mol. The summed E-state index contributed by atoms with van der Waals surface area (Å²) in [6, 6.07) is 8.41. The molecule has 1 amide bonds. The minimum absolute atomic E-state index is 0.0578. The third-order valence-corrected chi connectivity index (χ3v) is 3.02. The molecule has 5 nitrogen and oxygen atoms in total. The van der Waals surface area contributed by atoms with Crippen LogP contribution in [-0.2, 0) is 20.9 Å². The van der Waals surface area contributed by atoms with Gasteiger partial charge in [-0.15, -0.1) is 0 Å². The molecule has 1 aromatic carbocycles. The van der Waals surface area contributed by atoms with Crippen LogP contribution in [-0.4, -0.2) is 40.6 Å². The van der Waals surface area contributed by atoms with Gasteiger partial charge >= 0.3 is 5.97 Å². The first-order valence-corrected chi connectivity index (χ1v) is 5.77. The van der Waals surface area contributed by atoms with Crippen molar-refractivity contribution < 1.29 is 19.4 Å². The van der Waals surface area contributed by atoms with Gasteiger partial charge in [0.25, 0.3) is 0 Å². The van der Waals surface area contributed by atoms with Crippen molar-refractivity contribution >= 4 is 11.9 Å². The zero-order valence-corrected chi connectivity index (χ0v) is 10.1. The van der Waals surface area contributed by atoms with Crippen molar-refractivity contribution in [2.24, 2.45) is 0 Å². The van der Waals surface area contributed by atoms with E-state index in [9.17, 15) is 14.7 Å². The highest BCUT2D eigenvalue weighted by molar-refractivity contribution is 5.86. The summed E-state index contributed by atoms with van der Waals surface area (Å²) in [6.07, 6.45) is -0.496. The van der Waals surface area contributed by atoms with Crippen molar-refractivity contribution in [2.75, 3.05) is 6.61 Å². The number of carboxylic acid groups (broad SMARTS) is 1. The molecule has 18 heavy (non-hydrogen) atoms. The van der Waals surface area contributed by atoms with Gasteiger partial charge in [-0.2, -0.15) is 0 Å². The van der Waals surface area contributed by atoms with E-state index in [4.69, 9.17) is 4.74 Å². The van der Waals surface area contributed by atoms with Gasteiger partial charge in [0.05, 0.1) is 6.10 Å². The third-order valence-electron chi connectivity index (χ3n) is 3.02. The molecule has 0 bridgehead atoms. The molecule has 0 aromatic heterocycles. The van der Waals surface area contributed by atoms with E-state index < -0.39 is 18.1 Å². The second kappa shape index (κ2) is 5.18. The number of rotatable bonds is 3. The number of hydrogen-bond donors (Lipinski definition) is 1. The maximum Gasteiger partial charge on any atom is 0.329 e. The molecule has 0 unspecified atom stereocenters. The van der Waals surface area contributed by atoms with Gasteiger partial charge in [0, 0.05) is 6.54 Å². The lowest BCUT2D eigenvalue weighted by molar-refractivity contribution is -0.170. The lowest BCUT2D eigenvalue weighted by Gasteiger charge is -2.37. The van der Waals surface area contributed by atoms with Crippen molar-refractivity contribution in [1.29, 1.82) is 0 Å². The van der Waals surface area contributed by atoms with Gasteiger partial charge in [0.15, 0.2) is 6.04 Å². The number of carbonyl (C=O) groups excluding carboxylic acids is 1. The number of amides is 1. The first-order valence-electron chi connectivity index (χ1n) is 5.77. The van der Waals surface area contributed by atoms with E-state index in [1.165, 1.54) is 4.90 Å². The van der Waals surface area contributed by atoms with Crippen LogP contribution >= 0.6 is 0 Å². The smallest absolute Gasteiger partial charge is 0.329 e. The quantitative estimate of drug-likeness (QED) is 0.863. The highest BCUT2D eigenvalue weighted by atomic mass is 16.5. The van der Waals surface area contributed by atoms with Gasteiger partial charge < -0.3 is 14.7 Å². The first-order chi connectivity index (χ1) is 8.59. The molecule has 0 radical (unpaired) electrons. The average Bonchev–Trinajstić information content (AvgIpc) is 2.35. The summed E-state index contributed by atoms with van der Waals surface area (Å²) >= 11 is 0. The maximum atomic E-state index is 11.8. The van der Waals surface area contributed by atoms with Crippen LogP contribution in [0.1, 0.15) is 12.5 Å². The molecule has 0 saturated carbocycles. The zero-order valence-electron chi connectivity index (χ0n) is 10.1. The molecule has 1 fully saturated rings. The summed E-state index contributed by atoms with van der Waals surface area (Å²) in [7, 11) is 0. The molecular formula is C13H15NO4. The molecule has 5 heteroatoms. The molecule has 1 heterocycles. The van der Waals surface area contributed by atoms with E-state index in [-0.39, 0.29) is 12.5 Å². The molecule has 1 saturated heterocycles. The van der Waals surface area contributed by atoms with E-state index in [2.05, 4.69) is 0 Å². The number of benzene rings is 1. The molecule has 1 N–H and O–H groups in total. The predicted molar refractivity (Wildman–Crippen MR) is 63.8 cm³/mol. The van der Waals surface area contributed by atoms with Crippen LogP contribution < -0.4 is 0 Å². The lowest BCUT2D eigenvalue weighted by Crippen LogP contribution is -2.56. The van der Waals surface area contributed by atoms with Crippen molar-refractivity contribution in [3.05, 3.63) is 35.9 Å². The van der Waals surface area contributed by atoms with E-state index in [0.717, 1.165) is 5.56 Å². The number of morpholine rings is 1. The van der Waals surface area contributed by atoms with Crippen molar-refractivity contribution in [3.8, 4) is 0 Å². The lowest BCUT2D eigenvalue weighted by atomic mass is 10.1. The van der Waals surface area contributed by atoms with Gasteiger partial charge in [-0.3, -0.25) is 4.79 Å². The van der Waals surface area contributed by atoms with Crippen LogP contribution in [0.2, 0.25) is 0 Å². The Morgan fingerprint density at radius 1 is 1.44 bits per heavy atom. The Bertz CT molecular complexity index is 446. The van der Waals surface area contributed by atoms with Gasteiger partial charge in [-0.05, 0) is 12.5 Å². The minimum Gasteiger partial charge on any atom is -0.480 e. The van der Waals surface area contributed by atoms with Crippen LogP contribution in [0.5, 0.6) is 0 Å². The number of aliphatic carboxylic acids is 1. The number of ether oxygens (including phenoxy) is 1. The summed E-state index contributed by atoms with van der Waals surface area (Å²) in [5.74, 6) is -1.32. The van der Waals surface area contributed by atoms with Gasteiger partial charge in [0.1, 0.15) is 6.61 Å². The van der Waals surface area contributed by atoms with Crippen LogP contribution in [0.4, 0.5) is 0 Å². The Hall–Kier alpha value is -1.88. The molecule has 2 rings (SSSR count). The fourth-order valence-corrected chi connectivity index (χ4v) is 2.09. The number of carboxylic acids is 1. The Morgan fingerprint density at radius 2 is 2.11 bits per heavy atom. The molecule has 2 atom stereocenters. The second-order valence-electron chi connectivity index (χ2n) is 4.31. The summed E-state index contributed by atoms with van der Waals surface area (Å²) in [5.41, 5.74) is 0.909. The Kier molecular flexibility index (Phi) is 3.62. The van der Waals surface area contributed by atoms with E-state index in [1.54, 1.807) is 6.92 Å². The van der Waals surface area contributed by atoms with Crippen molar-refractivity contribution in [3.63, 3.8) is 0 Å². The van der Waals surface area contributed by atoms with Gasteiger partial charge in [0.2, 0.25) is 5.91 Å². The normalized spacial score (nSPS) is 24.1. The van der Waals surface area contributed by atoms with E-state index >= 15 is 0 Å². The van der Waals surface area contributed by atoms with Crippen molar-refractivity contribution in [2.45, 2.75) is 25.6 Å². The predicted octanol–water partition coefficient (Wildman–Crippen LogP) is 0.887. The highest BCUT2D eigenvalue weighted by Crippen LogP contribution is 2.18. The van der Waals surface area contributed by atoms with E-state index in [1.807, 2.05) is 30.3 Å². The fourth-order valence-electron chi connectivity index (χ4n) is 2.09. The largest absolute Gasteiger partial charge is 0.480 e. The Labute approximate surface area is 105 Å². The molecule has 96 valence electrons. The zero-order chi connectivity index (χ0) is 13.1. The van der Waals surface area contributed by atoms with Crippen LogP contribution in [0, 0.1) is 0 Å². The standard InChI is InChI=1S/C13H15NO4/c1-9-12(13(16)17)14(11(15)8-18-9)7-10-5-3-2-4-6-10/h2-6,9,12H,7-8H2,1H3,(H,16,17)/t9-,12+/m0/s1. The summed E-state index contributed by atoms with van der Waals surface area (Å²) < 4.78 is 5.16. The molecule has 1 aliphatic rings. The second-order valence-corrected chi connectivity index (χ2v) is 4.31. The fraction of sp³-hybridized carbons (Fsp3) is 0.385. The number of carbonyl (C=O) groups is 2. The molecule has 1 aromatic rings. The van der Waals surface area contributed by atoms with Crippen LogP contribution in [0.25, 0.3) is 0 Å². The number of nitrogens with zero attached hydrogens (tertiary/aromatic N) is 1. The van der Waals surface area contributed by atoms with Crippen LogP contribution in [0.15, 0.2) is 30.3 Å². The Morgan fingerprint density at radius 3 is 2.72 bits per heavy atom. The molecule has 0 spiro atoms. The Balaban J connectivity index is 2.21. The summed E-state index contributed by atoms with van der Waals surface area (Å²) in [5, 5.41) is 9.20. The topological polar surface area (TPSA) is 66.8 Å². The van der Waals surface area contributed by atoms with Gasteiger partial charge in [-0.25, -0.2) is 4.79 Å². The summed E-state index contributed by atoms with van der Waals surface area (Å²) in [4.78, 5) is 24.4. The maximum absolute atomic E-state index is 11.8. The third kappa shape index (κ3) is 2.51. The first kappa shape index (κ1) is 12.6. The molecule has 0 aliphatic carbocycles. The number of hydrogen-bond acceptors (Lipinski definition) is 3. The minimum atomic E-state index is -1.04. The van der Waals surface area contributed by atoms with Crippen molar-refractivity contribution in [1.82, 2.24) is 4.90 Å². The van der Waals surface area contributed by atoms with Gasteiger partial charge in [-0.1, -0.05) is 30.3 Å². The van der Waals surface area contributed by atoms with Crippen LogP contribution in [0.3, 0.4) is 0 Å². The SMILES string of the molecule is C[C@@H]1OCC(=O)N(Cc2ccccc2)[C@H]1C(=O)O. The monoisotopic (exact) mass is 249 g/mol. The molecular weight excluding hydrogens is 234 g/mol. The van der Waals surface area contributed by atoms with E-state index in [0.29, 0.717) is 6.54 Å².